The van der Waals surface area contributed by atoms with Crippen molar-refractivity contribution in [2.75, 3.05) is 6.54 Å². The topological polar surface area (TPSA) is 41.1 Å². The number of carbonyl (C=O) groups is 1. The van der Waals surface area contributed by atoms with E-state index in [1.165, 1.54) is 38.5 Å². The molecule has 0 aromatic heterocycles. The standard InChI is InChI=1S/C14H24N2O/c1-14(8-2-3-9-15-14)13(17)16-12(10-4-5-10)11-6-7-11/h10-12,15H,2-9H2,1H3,(H,16,17). The average molecular weight is 236 g/mol. The van der Waals surface area contributed by atoms with Gasteiger partial charge in [0.15, 0.2) is 0 Å². The first-order chi connectivity index (χ1) is 8.19. The van der Waals surface area contributed by atoms with Gasteiger partial charge in [-0.3, -0.25) is 4.79 Å². The molecule has 3 fully saturated rings. The van der Waals surface area contributed by atoms with Crippen LogP contribution >= 0.6 is 0 Å². The molecule has 0 aromatic rings. The number of rotatable bonds is 4. The van der Waals surface area contributed by atoms with E-state index in [9.17, 15) is 4.79 Å². The van der Waals surface area contributed by atoms with E-state index in [-0.39, 0.29) is 11.4 Å². The van der Waals surface area contributed by atoms with Crippen LogP contribution < -0.4 is 10.6 Å². The molecule has 1 unspecified atom stereocenters. The normalized spacial score (nSPS) is 33.8. The summed E-state index contributed by atoms with van der Waals surface area (Å²) in [4.78, 5) is 12.4. The first-order valence-corrected chi connectivity index (χ1v) is 7.25. The molecule has 2 saturated carbocycles. The van der Waals surface area contributed by atoms with Gasteiger partial charge in [0, 0.05) is 6.04 Å². The fraction of sp³-hybridized carbons (Fsp3) is 0.929. The Morgan fingerprint density at radius 2 is 1.88 bits per heavy atom. The van der Waals surface area contributed by atoms with Gasteiger partial charge in [0.25, 0.3) is 0 Å². The molecule has 0 spiro atoms. The Hall–Kier alpha value is -0.570. The lowest BCUT2D eigenvalue weighted by molar-refractivity contribution is -0.129. The van der Waals surface area contributed by atoms with Crippen LogP contribution in [0, 0.1) is 11.8 Å². The average Bonchev–Trinajstić information content (AvgIpc) is 3.17. The summed E-state index contributed by atoms with van der Waals surface area (Å²) < 4.78 is 0. The summed E-state index contributed by atoms with van der Waals surface area (Å²) in [6.07, 6.45) is 8.67. The van der Waals surface area contributed by atoms with Gasteiger partial charge in [-0.15, -0.1) is 0 Å². The maximum Gasteiger partial charge on any atom is 0.240 e. The summed E-state index contributed by atoms with van der Waals surface area (Å²) in [6.45, 7) is 3.06. The Kier molecular flexibility index (Phi) is 2.89. The summed E-state index contributed by atoms with van der Waals surface area (Å²) in [6, 6.07) is 0.489. The van der Waals surface area contributed by atoms with Crippen molar-refractivity contribution in [3.8, 4) is 0 Å². The minimum Gasteiger partial charge on any atom is -0.351 e. The highest BCUT2D eigenvalue weighted by Crippen LogP contribution is 2.44. The van der Waals surface area contributed by atoms with Crippen molar-refractivity contribution in [3.63, 3.8) is 0 Å². The molecular weight excluding hydrogens is 212 g/mol. The third-order valence-electron chi connectivity index (χ3n) is 4.68. The van der Waals surface area contributed by atoms with Crippen LogP contribution in [0.25, 0.3) is 0 Å². The molecule has 1 aliphatic heterocycles. The lowest BCUT2D eigenvalue weighted by atomic mass is 9.89. The Bertz CT molecular complexity index is 289. The van der Waals surface area contributed by atoms with E-state index in [4.69, 9.17) is 0 Å². The van der Waals surface area contributed by atoms with Gasteiger partial charge in [-0.05, 0) is 70.3 Å². The number of hydrogen-bond acceptors (Lipinski definition) is 2. The number of piperidine rings is 1. The SMILES string of the molecule is CC1(C(=O)NC(C2CC2)C2CC2)CCCCN1. The van der Waals surface area contributed by atoms with E-state index in [2.05, 4.69) is 17.6 Å². The molecule has 1 amide bonds. The maximum atomic E-state index is 12.4. The van der Waals surface area contributed by atoms with E-state index >= 15 is 0 Å². The zero-order chi connectivity index (χ0) is 11.9. The van der Waals surface area contributed by atoms with Crippen LogP contribution in [0.1, 0.15) is 51.9 Å². The lowest BCUT2D eigenvalue weighted by Gasteiger charge is -2.35. The number of carbonyl (C=O) groups excluding carboxylic acids is 1. The first kappa shape index (κ1) is 11.5. The van der Waals surface area contributed by atoms with Crippen LogP contribution in [0.4, 0.5) is 0 Å². The third kappa shape index (κ3) is 2.49. The molecule has 17 heavy (non-hydrogen) atoms. The van der Waals surface area contributed by atoms with Gasteiger partial charge >= 0.3 is 0 Å². The number of nitrogens with one attached hydrogen (secondary N) is 2. The quantitative estimate of drug-likeness (QED) is 0.782. The Labute approximate surface area is 104 Å². The number of amides is 1. The van der Waals surface area contributed by atoms with Gasteiger partial charge in [0.05, 0.1) is 5.54 Å². The van der Waals surface area contributed by atoms with Crippen molar-refractivity contribution in [3.05, 3.63) is 0 Å². The molecule has 96 valence electrons. The fourth-order valence-electron chi connectivity index (χ4n) is 3.09. The Morgan fingerprint density at radius 1 is 1.24 bits per heavy atom. The van der Waals surface area contributed by atoms with Gasteiger partial charge in [-0.2, -0.15) is 0 Å². The summed E-state index contributed by atoms with van der Waals surface area (Å²) in [5.41, 5.74) is -0.305. The molecule has 0 radical (unpaired) electrons. The smallest absolute Gasteiger partial charge is 0.240 e. The second kappa shape index (κ2) is 4.27. The Balaban J connectivity index is 1.60. The van der Waals surface area contributed by atoms with Crippen molar-refractivity contribution in [2.45, 2.75) is 63.5 Å². The molecule has 1 atom stereocenters. The Morgan fingerprint density at radius 3 is 2.35 bits per heavy atom. The van der Waals surface area contributed by atoms with Crippen molar-refractivity contribution < 1.29 is 4.79 Å². The highest BCUT2D eigenvalue weighted by molar-refractivity contribution is 5.86. The molecular formula is C14H24N2O. The second-order valence-electron chi connectivity index (χ2n) is 6.39. The fourth-order valence-corrected chi connectivity index (χ4v) is 3.09. The third-order valence-corrected chi connectivity index (χ3v) is 4.68. The van der Waals surface area contributed by atoms with E-state index in [1.54, 1.807) is 0 Å². The molecule has 2 N–H and O–H groups in total. The van der Waals surface area contributed by atoms with Crippen LogP contribution in [-0.4, -0.2) is 24.0 Å². The molecule has 2 aliphatic carbocycles. The molecule has 1 heterocycles. The van der Waals surface area contributed by atoms with E-state index in [1.807, 2.05) is 0 Å². The van der Waals surface area contributed by atoms with Gasteiger partial charge in [0.1, 0.15) is 0 Å². The second-order valence-corrected chi connectivity index (χ2v) is 6.39. The molecule has 3 heteroatoms. The largest absolute Gasteiger partial charge is 0.351 e. The van der Waals surface area contributed by atoms with Crippen molar-refractivity contribution in [1.82, 2.24) is 10.6 Å². The number of hydrogen-bond donors (Lipinski definition) is 2. The summed E-state index contributed by atoms with van der Waals surface area (Å²) in [5.74, 6) is 1.83. The van der Waals surface area contributed by atoms with Crippen LogP contribution in [0.2, 0.25) is 0 Å². The first-order valence-electron chi connectivity index (χ1n) is 7.25. The van der Waals surface area contributed by atoms with Crippen molar-refractivity contribution in [1.29, 1.82) is 0 Å². The maximum absolute atomic E-state index is 12.4. The van der Waals surface area contributed by atoms with Gasteiger partial charge in [-0.25, -0.2) is 0 Å². The summed E-state index contributed by atoms with van der Waals surface area (Å²) in [5, 5.41) is 6.76. The van der Waals surface area contributed by atoms with Gasteiger partial charge in [0.2, 0.25) is 5.91 Å². The van der Waals surface area contributed by atoms with E-state index in [0.717, 1.165) is 24.8 Å². The van der Waals surface area contributed by atoms with Crippen LogP contribution in [0.15, 0.2) is 0 Å². The van der Waals surface area contributed by atoms with Crippen molar-refractivity contribution >= 4 is 5.91 Å². The molecule has 1 saturated heterocycles. The highest BCUT2D eigenvalue weighted by Gasteiger charge is 2.44. The summed E-state index contributed by atoms with van der Waals surface area (Å²) >= 11 is 0. The predicted molar refractivity (Wildman–Crippen MR) is 67.6 cm³/mol. The lowest BCUT2D eigenvalue weighted by Crippen LogP contribution is -2.59. The van der Waals surface area contributed by atoms with Crippen LogP contribution in [0.3, 0.4) is 0 Å². The van der Waals surface area contributed by atoms with Gasteiger partial charge < -0.3 is 10.6 Å². The molecule has 0 bridgehead atoms. The predicted octanol–water partition coefficient (Wildman–Crippen LogP) is 1.82. The van der Waals surface area contributed by atoms with Gasteiger partial charge in [-0.1, -0.05) is 0 Å². The minimum absolute atomic E-state index is 0.251. The molecule has 3 rings (SSSR count). The van der Waals surface area contributed by atoms with Crippen LogP contribution in [-0.2, 0) is 4.79 Å². The van der Waals surface area contributed by atoms with E-state index < -0.39 is 0 Å². The zero-order valence-electron chi connectivity index (χ0n) is 10.8. The van der Waals surface area contributed by atoms with Crippen LogP contribution in [0.5, 0.6) is 0 Å². The highest BCUT2D eigenvalue weighted by atomic mass is 16.2. The minimum atomic E-state index is -0.305. The zero-order valence-corrected chi connectivity index (χ0v) is 10.8. The molecule has 0 aromatic carbocycles. The molecule has 3 nitrogen and oxygen atoms in total. The van der Waals surface area contributed by atoms with E-state index in [0.29, 0.717) is 6.04 Å². The van der Waals surface area contributed by atoms with Crippen molar-refractivity contribution in [2.24, 2.45) is 11.8 Å². The monoisotopic (exact) mass is 236 g/mol. The molecule has 3 aliphatic rings. The summed E-state index contributed by atoms with van der Waals surface area (Å²) in [7, 11) is 0.